The van der Waals surface area contributed by atoms with Crippen LogP contribution < -0.4 is 4.72 Å². The van der Waals surface area contributed by atoms with Gasteiger partial charge in [0.25, 0.3) is 15.7 Å². The van der Waals surface area contributed by atoms with Crippen molar-refractivity contribution in [1.82, 2.24) is 14.8 Å². The first-order chi connectivity index (χ1) is 12.8. The molecule has 27 heavy (non-hydrogen) atoms. The lowest BCUT2D eigenvalue weighted by atomic mass is 10.2. The predicted molar refractivity (Wildman–Crippen MR) is 100 cm³/mol. The third-order valence-corrected chi connectivity index (χ3v) is 6.11. The highest BCUT2D eigenvalue weighted by Gasteiger charge is 2.20. The Balaban J connectivity index is 1.79. The zero-order valence-electron chi connectivity index (χ0n) is 14.4. The van der Waals surface area contributed by atoms with Gasteiger partial charge in [-0.15, -0.1) is 10.2 Å². The van der Waals surface area contributed by atoms with Gasteiger partial charge < -0.3 is 4.57 Å². The Kier molecular flexibility index (Phi) is 5.15. The molecule has 3 aromatic rings. The molecule has 0 saturated carbocycles. The van der Waals surface area contributed by atoms with E-state index in [1.54, 1.807) is 42.1 Å². The van der Waals surface area contributed by atoms with Crippen LogP contribution in [-0.2, 0) is 17.1 Å². The van der Waals surface area contributed by atoms with Gasteiger partial charge in [-0.1, -0.05) is 6.07 Å². The van der Waals surface area contributed by atoms with Crippen LogP contribution in [0.2, 0.25) is 0 Å². The maximum Gasteiger partial charge on any atom is 0.273 e. The largest absolute Gasteiger partial charge is 0.311 e. The van der Waals surface area contributed by atoms with Gasteiger partial charge in [0.1, 0.15) is 6.33 Å². The molecule has 0 atom stereocenters. The zero-order valence-corrected chi connectivity index (χ0v) is 16.0. The Hall–Kier alpha value is -2.92. The Morgan fingerprint density at radius 1 is 1.19 bits per heavy atom. The molecule has 140 valence electrons. The average Bonchev–Trinajstić information content (AvgIpc) is 3.01. The number of rotatable bonds is 6. The molecule has 2 aromatic carbocycles. The summed E-state index contributed by atoms with van der Waals surface area (Å²) in [5, 5.41) is 19.5. The Bertz CT molecular complexity index is 1090. The minimum absolute atomic E-state index is 0.169. The van der Waals surface area contributed by atoms with Gasteiger partial charge in [0.15, 0.2) is 5.16 Å². The number of aryl methyl sites for hydroxylation is 2. The molecule has 11 heteroatoms. The fourth-order valence-electron chi connectivity index (χ4n) is 2.23. The standard InChI is InChI=1S/C16H15N5O4S2/c1-11-3-8-14(9-15(11)21(22)23)27(24,25)19-12-4-6-13(7-5-12)26-16-18-17-10-20(16)2/h3-10,19H,1-2H3. The first-order valence-corrected chi connectivity index (χ1v) is 9.96. The summed E-state index contributed by atoms with van der Waals surface area (Å²) in [7, 11) is -2.12. The number of aromatic nitrogens is 3. The van der Waals surface area contributed by atoms with Gasteiger partial charge in [0, 0.05) is 29.3 Å². The van der Waals surface area contributed by atoms with E-state index in [9.17, 15) is 18.5 Å². The molecule has 0 fully saturated rings. The van der Waals surface area contributed by atoms with Gasteiger partial charge >= 0.3 is 0 Å². The highest BCUT2D eigenvalue weighted by Crippen LogP contribution is 2.28. The SMILES string of the molecule is Cc1ccc(S(=O)(=O)Nc2ccc(Sc3nncn3C)cc2)cc1[N+](=O)[O-]. The van der Waals surface area contributed by atoms with Crippen molar-refractivity contribution in [2.45, 2.75) is 21.9 Å². The highest BCUT2D eigenvalue weighted by atomic mass is 32.2. The molecule has 9 nitrogen and oxygen atoms in total. The van der Waals surface area contributed by atoms with E-state index >= 15 is 0 Å². The lowest BCUT2D eigenvalue weighted by Crippen LogP contribution is -2.13. The summed E-state index contributed by atoms with van der Waals surface area (Å²) in [6.07, 6.45) is 1.59. The Morgan fingerprint density at radius 3 is 2.48 bits per heavy atom. The van der Waals surface area contributed by atoms with E-state index in [-0.39, 0.29) is 10.6 Å². The molecule has 0 spiro atoms. The molecule has 0 saturated heterocycles. The lowest BCUT2D eigenvalue weighted by Gasteiger charge is -2.09. The number of anilines is 1. The summed E-state index contributed by atoms with van der Waals surface area (Å²) in [5.74, 6) is 0. The van der Waals surface area contributed by atoms with Crippen molar-refractivity contribution < 1.29 is 13.3 Å². The Labute approximate surface area is 159 Å². The van der Waals surface area contributed by atoms with Crippen LogP contribution in [0, 0.1) is 17.0 Å². The average molecular weight is 405 g/mol. The quantitative estimate of drug-likeness (QED) is 0.494. The van der Waals surface area contributed by atoms with Gasteiger partial charge in [-0.2, -0.15) is 0 Å². The van der Waals surface area contributed by atoms with E-state index < -0.39 is 14.9 Å². The van der Waals surface area contributed by atoms with Crippen molar-refractivity contribution in [3.8, 4) is 0 Å². The molecular formula is C16H15N5O4S2. The molecule has 1 N–H and O–H groups in total. The molecule has 3 rings (SSSR count). The van der Waals surface area contributed by atoms with Crippen LogP contribution in [0.3, 0.4) is 0 Å². The smallest absolute Gasteiger partial charge is 0.273 e. The molecule has 0 aliphatic carbocycles. The minimum atomic E-state index is -3.94. The molecular weight excluding hydrogens is 390 g/mol. The number of hydrogen-bond donors (Lipinski definition) is 1. The van der Waals surface area contributed by atoms with E-state index in [1.807, 2.05) is 7.05 Å². The fraction of sp³-hybridized carbons (Fsp3) is 0.125. The van der Waals surface area contributed by atoms with Crippen molar-refractivity contribution in [3.63, 3.8) is 0 Å². The van der Waals surface area contributed by atoms with Gasteiger partial charge in [0.2, 0.25) is 0 Å². The van der Waals surface area contributed by atoms with Crippen molar-refractivity contribution in [1.29, 1.82) is 0 Å². The summed E-state index contributed by atoms with van der Waals surface area (Å²) < 4.78 is 29.2. The van der Waals surface area contributed by atoms with Crippen LogP contribution in [-0.4, -0.2) is 28.1 Å². The molecule has 0 unspecified atom stereocenters. The summed E-state index contributed by atoms with van der Waals surface area (Å²) in [6.45, 7) is 1.55. The first kappa shape index (κ1) is 18.9. The molecule has 0 amide bonds. The monoisotopic (exact) mass is 405 g/mol. The van der Waals surface area contributed by atoms with Gasteiger partial charge in [0.05, 0.1) is 9.82 Å². The highest BCUT2D eigenvalue weighted by molar-refractivity contribution is 7.99. The van der Waals surface area contributed by atoms with Crippen LogP contribution in [0.15, 0.2) is 63.7 Å². The summed E-state index contributed by atoms with van der Waals surface area (Å²) in [6, 6.07) is 10.5. The second-order valence-corrected chi connectivity index (χ2v) is 8.38. The molecule has 1 heterocycles. The van der Waals surface area contributed by atoms with Crippen molar-refractivity contribution >= 4 is 33.2 Å². The molecule has 0 aliphatic heterocycles. The van der Waals surface area contributed by atoms with Gasteiger partial charge in [-0.25, -0.2) is 8.42 Å². The van der Waals surface area contributed by atoms with Crippen molar-refractivity contribution in [3.05, 3.63) is 64.5 Å². The van der Waals surface area contributed by atoms with E-state index in [1.165, 1.54) is 23.9 Å². The second kappa shape index (κ2) is 7.37. The van der Waals surface area contributed by atoms with Crippen molar-refractivity contribution in [2.75, 3.05) is 4.72 Å². The summed E-state index contributed by atoms with van der Waals surface area (Å²) in [4.78, 5) is 11.1. The number of nitro benzene ring substituents is 1. The maximum absolute atomic E-state index is 12.5. The number of hydrogen-bond acceptors (Lipinski definition) is 7. The van der Waals surface area contributed by atoms with Gasteiger partial charge in [-0.3, -0.25) is 14.8 Å². The number of sulfonamides is 1. The van der Waals surface area contributed by atoms with E-state index in [0.717, 1.165) is 11.0 Å². The van der Waals surface area contributed by atoms with E-state index in [2.05, 4.69) is 14.9 Å². The number of nitrogens with zero attached hydrogens (tertiary/aromatic N) is 4. The zero-order chi connectivity index (χ0) is 19.6. The third-order valence-electron chi connectivity index (χ3n) is 3.67. The van der Waals surface area contributed by atoms with Crippen molar-refractivity contribution in [2.24, 2.45) is 7.05 Å². The predicted octanol–water partition coefficient (Wildman–Crippen LogP) is 2.98. The molecule has 1 aromatic heterocycles. The van der Waals surface area contributed by atoms with E-state index in [4.69, 9.17) is 0 Å². The minimum Gasteiger partial charge on any atom is -0.311 e. The van der Waals surface area contributed by atoms with Gasteiger partial charge in [-0.05, 0) is 49.0 Å². The first-order valence-electron chi connectivity index (χ1n) is 7.66. The molecule has 0 aliphatic rings. The Morgan fingerprint density at radius 2 is 1.89 bits per heavy atom. The number of benzene rings is 2. The maximum atomic E-state index is 12.5. The summed E-state index contributed by atoms with van der Waals surface area (Å²) >= 11 is 1.39. The number of nitro groups is 1. The van der Waals surface area contributed by atoms with Crippen LogP contribution in [0.25, 0.3) is 0 Å². The van der Waals surface area contributed by atoms with Crippen LogP contribution in [0.5, 0.6) is 0 Å². The third kappa shape index (κ3) is 4.26. The summed E-state index contributed by atoms with van der Waals surface area (Å²) in [5.41, 5.74) is 0.498. The normalized spacial score (nSPS) is 11.3. The number of nitrogens with one attached hydrogen (secondary N) is 1. The van der Waals surface area contributed by atoms with Crippen LogP contribution in [0.4, 0.5) is 11.4 Å². The van der Waals surface area contributed by atoms with Crippen LogP contribution >= 0.6 is 11.8 Å². The molecule has 0 radical (unpaired) electrons. The van der Waals surface area contributed by atoms with Crippen LogP contribution in [0.1, 0.15) is 5.56 Å². The molecule has 0 bridgehead atoms. The van der Waals surface area contributed by atoms with E-state index in [0.29, 0.717) is 16.4 Å². The topological polar surface area (TPSA) is 120 Å². The fourth-order valence-corrected chi connectivity index (χ4v) is 4.07. The second-order valence-electron chi connectivity index (χ2n) is 5.66. The lowest BCUT2D eigenvalue weighted by molar-refractivity contribution is -0.385.